The van der Waals surface area contributed by atoms with Crippen LogP contribution >= 0.6 is 0 Å². The van der Waals surface area contributed by atoms with Crippen LogP contribution in [0.25, 0.3) is 0 Å². The molecule has 181 valence electrons. The number of aromatic nitrogens is 1. The van der Waals surface area contributed by atoms with Gasteiger partial charge in [0.2, 0.25) is 0 Å². The lowest BCUT2D eigenvalue weighted by Gasteiger charge is -2.43. The average Bonchev–Trinajstić information content (AvgIpc) is 2.98. The van der Waals surface area contributed by atoms with E-state index in [1.54, 1.807) is 0 Å². The number of para-hydroxylation sites is 1. The molecule has 2 nitrogen and oxygen atoms in total. The van der Waals surface area contributed by atoms with E-state index in [0.29, 0.717) is 25.3 Å². The first-order valence-corrected chi connectivity index (χ1v) is 11.8. The second-order valence-electron chi connectivity index (χ2n) is 10.5. The van der Waals surface area contributed by atoms with Crippen molar-refractivity contribution in [1.82, 2.24) is 4.98 Å². The number of halogens is 4. The normalized spacial score (nSPS) is 18.1. The highest BCUT2D eigenvalue weighted by atomic mass is 19.2. The summed E-state index contributed by atoms with van der Waals surface area (Å²) in [6.07, 6.45) is 1.74. The molecule has 0 bridgehead atoms. The van der Waals surface area contributed by atoms with Gasteiger partial charge in [-0.05, 0) is 56.1 Å². The van der Waals surface area contributed by atoms with Crippen LogP contribution in [-0.2, 0) is 0 Å². The molecule has 0 amide bonds. The third-order valence-electron chi connectivity index (χ3n) is 7.26. The van der Waals surface area contributed by atoms with Gasteiger partial charge < -0.3 is 4.90 Å². The van der Waals surface area contributed by atoms with Crippen molar-refractivity contribution in [2.75, 3.05) is 4.90 Å². The second-order valence-corrected chi connectivity index (χ2v) is 10.5. The number of pyridine rings is 1. The van der Waals surface area contributed by atoms with Crippen LogP contribution < -0.4 is 4.90 Å². The van der Waals surface area contributed by atoms with Crippen molar-refractivity contribution in [1.29, 1.82) is 0 Å². The van der Waals surface area contributed by atoms with E-state index in [9.17, 15) is 8.78 Å². The standard InChI is InChI=1S/C27H35F4N2/c1-9-27(10-2)14-26(7,8)33(22-17(15(3)4)12-11-13-18(22)16(5)6)23(27)19-20(28)24(30)32-25(31)21(19)29/h11-13,15-16H,9-10,14H2,1-8H3. The summed E-state index contributed by atoms with van der Waals surface area (Å²) in [6, 6.07) is 6.36. The first kappa shape index (κ1) is 25.5. The summed E-state index contributed by atoms with van der Waals surface area (Å²) in [5, 5.41) is 0. The van der Waals surface area contributed by atoms with Crippen LogP contribution in [0.15, 0.2) is 18.2 Å². The third-order valence-corrected chi connectivity index (χ3v) is 7.26. The molecular formula is C27H35F4N2. The molecule has 6 heteroatoms. The van der Waals surface area contributed by atoms with E-state index in [1.807, 2.05) is 50.8 Å². The molecule has 1 radical (unpaired) electrons. The number of anilines is 1. The molecule has 1 saturated heterocycles. The molecular weight excluding hydrogens is 428 g/mol. The van der Waals surface area contributed by atoms with Gasteiger partial charge in [-0.15, -0.1) is 0 Å². The molecule has 1 aromatic carbocycles. The van der Waals surface area contributed by atoms with Crippen LogP contribution in [0.3, 0.4) is 0 Å². The van der Waals surface area contributed by atoms with Crippen LogP contribution in [0.1, 0.15) is 103 Å². The molecule has 1 aromatic heterocycles. The molecule has 1 aliphatic heterocycles. The van der Waals surface area contributed by atoms with Gasteiger partial charge in [0.25, 0.3) is 11.9 Å². The largest absolute Gasteiger partial charge is 0.353 e. The zero-order valence-electron chi connectivity index (χ0n) is 20.9. The smallest absolute Gasteiger partial charge is 0.252 e. The molecule has 33 heavy (non-hydrogen) atoms. The SMILES string of the molecule is CCC1(CC)CC(C)(C)N(c2c(C(C)C)cccc2C(C)C)[C]1c1c(F)c(F)nc(F)c1F. The summed E-state index contributed by atoms with van der Waals surface area (Å²) in [5.74, 6) is -5.85. The Hall–Kier alpha value is -2.11. The summed E-state index contributed by atoms with van der Waals surface area (Å²) in [4.78, 5) is 4.79. The fourth-order valence-corrected chi connectivity index (χ4v) is 5.62. The van der Waals surface area contributed by atoms with E-state index in [4.69, 9.17) is 0 Å². The molecule has 3 rings (SSSR count). The quantitative estimate of drug-likeness (QED) is 0.317. The minimum atomic E-state index is -1.62. The van der Waals surface area contributed by atoms with Gasteiger partial charge in [0.05, 0.1) is 5.56 Å². The maximum absolute atomic E-state index is 15.3. The van der Waals surface area contributed by atoms with Crippen molar-refractivity contribution >= 4 is 5.69 Å². The van der Waals surface area contributed by atoms with E-state index in [-0.39, 0.29) is 11.8 Å². The van der Waals surface area contributed by atoms with Crippen LogP contribution in [0, 0.1) is 35.0 Å². The minimum absolute atomic E-state index is 0.134. The molecule has 2 heterocycles. The molecule has 2 aromatic rings. The Morgan fingerprint density at radius 2 is 1.33 bits per heavy atom. The number of hydrogen-bond acceptors (Lipinski definition) is 2. The van der Waals surface area contributed by atoms with Crippen molar-refractivity contribution in [3.8, 4) is 0 Å². The molecule has 0 saturated carbocycles. The van der Waals surface area contributed by atoms with Crippen LogP contribution in [0.5, 0.6) is 0 Å². The molecule has 0 aliphatic carbocycles. The van der Waals surface area contributed by atoms with Gasteiger partial charge in [-0.3, -0.25) is 0 Å². The lowest BCUT2D eigenvalue weighted by molar-refractivity contribution is 0.277. The maximum Gasteiger partial charge on any atom is 0.252 e. The molecule has 1 fully saturated rings. The fraction of sp³-hybridized carbons (Fsp3) is 0.556. The zero-order chi connectivity index (χ0) is 24.9. The van der Waals surface area contributed by atoms with Crippen molar-refractivity contribution in [3.05, 3.63) is 64.5 Å². The van der Waals surface area contributed by atoms with Gasteiger partial charge in [-0.2, -0.15) is 13.8 Å². The second kappa shape index (κ2) is 8.92. The van der Waals surface area contributed by atoms with Crippen LogP contribution in [0.2, 0.25) is 0 Å². The Bertz CT molecular complexity index is 973. The van der Waals surface area contributed by atoms with Crippen molar-refractivity contribution in [2.24, 2.45) is 5.41 Å². The van der Waals surface area contributed by atoms with E-state index in [0.717, 1.165) is 16.8 Å². The average molecular weight is 464 g/mol. The van der Waals surface area contributed by atoms with Crippen LogP contribution in [-0.4, -0.2) is 10.5 Å². The third kappa shape index (κ3) is 4.04. The Balaban J connectivity index is 2.48. The highest BCUT2D eigenvalue weighted by Crippen LogP contribution is 2.61. The van der Waals surface area contributed by atoms with Gasteiger partial charge in [0, 0.05) is 16.6 Å². The summed E-state index contributed by atoms with van der Waals surface area (Å²) < 4.78 is 59.2. The first-order valence-electron chi connectivity index (χ1n) is 11.8. The van der Waals surface area contributed by atoms with Crippen molar-refractivity contribution in [3.63, 3.8) is 0 Å². The molecule has 0 N–H and O–H groups in total. The maximum atomic E-state index is 15.3. The number of benzene rings is 1. The van der Waals surface area contributed by atoms with Crippen LogP contribution in [0.4, 0.5) is 23.2 Å². The van der Waals surface area contributed by atoms with Crippen molar-refractivity contribution < 1.29 is 17.6 Å². The predicted molar refractivity (Wildman–Crippen MR) is 125 cm³/mol. The van der Waals surface area contributed by atoms with E-state index in [1.165, 1.54) is 0 Å². The van der Waals surface area contributed by atoms with E-state index >= 15 is 8.78 Å². The van der Waals surface area contributed by atoms with Gasteiger partial charge in [-0.25, -0.2) is 8.78 Å². The monoisotopic (exact) mass is 463 g/mol. The van der Waals surface area contributed by atoms with Crippen molar-refractivity contribution in [2.45, 2.75) is 92.0 Å². The number of rotatable bonds is 6. The Morgan fingerprint density at radius 1 is 0.879 bits per heavy atom. The van der Waals surface area contributed by atoms with Gasteiger partial charge >= 0.3 is 0 Å². The zero-order valence-corrected chi connectivity index (χ0v) is 20.9. The van der Waals surface area contributed by atoms with E-state index in [2.05, 4.69) is 32.7 Å². The predicted octanol–water partition coefficient (Wildman–Crippen LogP) is 8.26. The summed E-state index contributed by atoms with van der Waals surface area (Å²) >= 11 is 0. The van der Waals surface area contributed by atoms with Gasteiger partial charge in [-0.1, -0.05) is 59.7 Å². The minimum Gasteiger partial charge on any atom is -0.353 e. The topological polar surface area (TPSA) is 16.1 Å². The summed E-state index contributed by atoms with van der Waals surface area (Å²) in [7, 11) is 0. The Kier molecular flexibility index (Phi) is 6.89. The molecule has 0 spiro atoms. The highest BCUT2D eigenvalue weighted by Gasteiger charge is 2.58. The number of hydrogen-bond donors (Lipinski definition) is 0. The first-order chi connectivity index (χ1) is 15.3. The lowest BCUT2D eigenvalue weighted by Crippen LogP contribution is -2.43. The summed E-state index contributed by atoms with van der Waals surface area (Å²) in [6.45, 7) is 16.3. The Morgan fingerprint density at radius 3 is 1.73 bits per heavy atom. The van der Waals surface area contributed by atoms with Gasteiger partial charge in [0.15, 0.2) is 11.6 Å². The fourth-order valence-electron chi connectivity index (χ4n) is 5.62. The van der Waals surface area contributed by atoms with E-state index < -0.39 is 40.0 Å². The molecule has 0 atom stereocenters. The molecule has 0 unspecified atom stereocenters. The van der Waals surface area contributed by atoms with Gasteiger partial charge in [0.1, 0.15) is 6.04 Å². The molecule has 1 aliphatic rings. The number of nitrogens with zero attached hydrogens (tertiary/aromatic N) is 2. The Labute approximate surface area is 195 Å². The lowest BCUT2D eigenvalue weighted by atomic mass is 9.71. The highest BCUT2D eigenvalue weighted by molar-refractivity contribution is 5.70. The summed E-state index contributed by atoms with van der Waals surface area (Å²) in [5.41, 5.74) is 1.09.